The lowest BCUT2D eigenvalue weighted by atomic mass is 9.65. The van der Waals surface area contributed by atoms with Crippen LogP contribution in [0.4, 0.5) is 0 Å². The van der Waals surface area contributed by atoms with Crippen LogP contribution >= 0.6 is 0 Å². The first-order valence-corrected chi connectivity index (χ1v) is 7.94. The highest BCUT2D eigenvalue weighted by atomic mass is 15.1. The molecule has 2 heteroatoms. The Labute approximate surface area is 126 Å². The lowest BCUT2D eigenvalue weighted by molar-refractivity contribution is -0.608. The van der Waals surface area contributed by atoms with Crippen LogP contribution in [-0.2, 0) is 5.41 Å². The first-order valence-electron chi connectivity index (χ1n) is 7.94. The molecule has 3 heterocycles. The molecule has 0 aromatic heterocycles. The SMILES string of the molecule is CC(C)[N+]1=C[C@]23C=NCC(C=C2C1(C)C)c1ccccc13. The van der Waals surface area contributed by atoms with Crippen molar-refractivity contribution in [3.63, 3.8) is 0 Å². The molecule has 1 spiro atoms. The van der Waals surface area contributed by atoms with Crippen molar-refractivity contribution < 1.29 is 4.58 Å². The standard InChI is InChI=1S/C19H23N2/c1-13(2)21-12-19-11-20-10-14(9-17(19)18(21,3)4)15-7-5-6-8-16(15)19/h5-9,11-14H,10H2,1-4H3/q+1/t14?,19-/m0/s1. The van der Waals surface area contributed by atoms with Crippen molar-refractivity contribution in [2.24, 2.45) is 4.99 Å². The molecule has 2 bridgehead atoms. The minimum absolute atomic E-state index is 0.0519. The Balaban J connectivity index is 2.06. The van der Waals surface area contributed by atoms with Gasteiger partial charge in [-0.3, -0.25) is 4.99 Å². The van der Waals surface area contributed by atoms with E-state index in [1.165, 1.54) is 16.7 Å². The Bertz CT molecular complexity index is 706. The second-order valence-corrected chi connectivity index (χ2v) is 7.33. The van der Waals surface area contributed by atoms with Gasteiger partial charge in [-0.1, -0.05) is 30.3 Å². The van der Waals surface area contributed by atoms with Gasteiger partial charge >= 0.3 is 0 Å². The Morgan fingerprint density at radius 3 is 2.76 bits per heavy atom. The summed E-state index contributed by atoms with van der Waals surface area (Å²) in [4.78, 5) is 4.77. The van der Waals surface area contributed by atoms with Crippen LogP contribution in [0.25, 0.3) is 0 Å². The highest BCUT2D eigenvalue weighted by Gasteiger charge is 2.58. The van der Waals surface area contributed by atoms with Crippen LogP contribution in [-0.4, -0.2) is 35.1 Å². The molecule has 5 rings (SSSR count). The molecule has 4 aliphatic rings. The van der Waals surface area contributed by atoms with Crippen LogP contribution in [0.1, 0.15) is 44.7 Å². The molecular weight excluding hydrogens is 256 g/mol. The number of benzene rings is 1. The monoisotopic (exact) mass is 279 g/mol. The maximum absolute atomic E-state index is 4.77. The summed E-state index contributed by atoms with van der Waals surface area (Å²) in [5.74, 6) is 0.433. The summed E-state index contributed by atoms with van der Waals surface area (Å²) < 4.78 is 2.51. The van der Waals surface area contributed by atoms with Crippen molar-refractivity contribution in [2.45, 2.75) is 50.6 Å². The lowest BCUT2D eigenvalue weighted by Crippen LogP contribution is -2.41. The van der Waals surface area contributed by atoms with E-state index in [1.54, 1.807) is 0 Å². The van der Waals surface area contributed by atoms with Crippen LogP contribution in [0, 0.1) is 0 Å². The first kappa shape index (κ1) is 13.0. The summed E-state index contributed by atoms with van der Waals surface area (Å²) in [5, 5.41) is 0. The highest BCUT2D eigenvalue weighted by molar-refractivity contribution is 6.03. The van der Waals surface area contributed by atoms with Crippen LogP contribution in [0.15, 0.2) is 40.9 Å². The van der Waals surface area contributed by atoms with E-state index in [-0.39, 0.29) is 11.0 Å². The molecule has 0 fully saturated rings. The summed E-state index contributed by atoms with van der Waals surface area (Å²) in [7, 11) is 0. The topological polar surface area (TPSA) is 15.4 Å². The van der Waals surface area contributed by atoms with Gasteiger partial charge in [0.15, 0.2) is 11.8 Å². The van der Waals surface area contributed by atoms with Crippen LogP contribution in [0.5, 0.6) is 0 Å². The maximum atomic E-state index is 4.77. The van der Waals surface area contributed by atoms with Crippen molar-refractivity contribution >= 4 is 12.4 Å². The van der Waals surface area contributed by atoms with Crippen LogP contribution < -0.4 is 0 Å². The maximum Gasteiger partial charge on any atom is 0.179 e. The Hall–Kier alpha value is -1.70. The lowest BCUT2D eigenvalue weighted by Gasteiger charge is -2.33. The van der Waals surface area contributed by atoms with E-state index >= 15 is 0 Å². The number of aliphatic imine (C=N–C) groups is 1. The molecule has 1 unspecified atom stereocenters. The zero-order valence-corrected chi connectivity index (χ0v) is 13.3. The number of nitrogens with zero attached hydrogens (tertiary/aromatic N) is 2. The molecule has 1 aromatic rings. The molecule has 0 saturated heterocycles. The largest absolute Gasteiger partial charge is 0.295 e. The predicted octanol–water partition coefficient (Wildman–Crippen LogP) is 3.32. The molecule has 108 valence electrons. The Morgan fingerprint density at radius 2 is 2.00 bits per heavy atom. The van der Waals surface area contributed by atoms with E-state index in [9.17, 15) is 0 Å². The van der Waals surface area contributed by atoms with Crippen molar-refractivity contribution in [1.29, 1.82) is 0 Å². The quantitative estimate of drug-likeness (QED) is 0.553. The van der Waals surface area contributed by atoms with Gasteiger partial charge in [-0.2, -0.15) is 0 Å². The van der Waals surface area contributed by atoms with Crippen molar-refractivity contribution in [2.75, 3.05) is 6.54 Å². The number of hydrogen-bond donors (Lipinski definition) is 0. The average Bonchev–Trinajstić information content (AvgIpc) is 2.62. The molecule has 3 aliphatic heterocycles. The third-order valence-corrected chi connectivity index (χ3v) is 5.42. The van der Waals surface area contributed by atoms with Gasteiger partial charge in [-0.05, 0) is 25.0 Å². The van der Waals surface area contributed by atoms with E-state index < -0.39 is 0 Å². The first-order chi connectivity index (χ1) is 9.97. The average molecular weight is 279 g/mol. The molecule has 21 heavy (non-hydrogen) atoms. The third kappa shape index (κ3) is 1.48. The summed E-state index contributed by atoms with van der Waals surface area (Å²) in [5.41, 5.74) is 4.32. The Kier molecular flexibility index (Phi) is 2.44. The molecule has 0 saturated carbocycles. The van der Waals surface area contributed by atoms with Gasteiger partial charge in [0.25, 0.3) is 0 Å². The van der Waals surface area contributed by atoms with Crippen LogP contribution in [0.2, 0.25) is 0 Å². The molecule has 1 aliphatic carbocycles. The van der Waals surface area contributed by atoms with Crippen molar-refractivity contribution in [3.05, 3.63) is 47.0 Å². The predicted molar refractivity (Wildman–Crippen MR) is 87.8 cm³/mol. The van der Waals surface area contributed by atoms with E-state index in [0.29, 0.717) is 12.0 Å². The molecule has 2 atom stereocenters. The molecule has 2 nitrogen and oxygen atoms in total. The fourth-order valence-electron chi connectivity index (χ4n) is 4.57. The normalized spacial score (nSPS) is 31.6. The van der Waals surface area contributed by atoms with Gasteiger partial charge in [0.1, 0.15) is 11.5 Å². The van der Waals surface area contributed by atoms with Gasteiger partial charge in [0.2, 0.25) is 0 Å². The summed E-state index contributed by atoms with van der Waals surface area (Å²) >= 11 is 0. The molecular formula is C19H23N2+. The van der Waals surface area contributed by atoms with E-state index in [1.807, 2.05) is 0 Å². The summed E-state index contributed by atoms with van der Waals surface area (Å²) in [6.07, 6.45) is 7.12. The smallest absolute Gasteiger partial charge is 0.179 e. The Morgan fingerprint density at radius 1 is 1.24 bits per heavy atom. The van der Waals surface area contributed by atoms with Crippen molar-refractivity contribution in [1.82, 2.24) is 0 Å². The number of fused-ring (bicyclic) bond motifs is 1. The van der Waals surface area contributed by atoms with E-state index in [4.69, 9.17) is 4.99 Å². The number of hydrogen-bond acceptors (Lipinski definition) is 1. The highest BCUT2D eigenvalue weighted by Crippen LogP contribution is 2.50. The zero-order valence-electron chi connectivity index (χ0n) is 13.3. The fraction of sp³-hybridized carbons (Fsp3) is 0.474. The minimum atomic E-state index is -0.128. The molecule has 0 amide bonds. The second kappa shape index (κ2) is 3.94. The van der Waals surface area contributed by atoms with Gasteiger partial charge in [0, 0.05) is 38.1 Å². The van der Waals surface area contributed by atoms with Gasteiger partial charge in [-0.15, -0.1) is 0 Å². The molecule has 0 N–H and O–H groups in total. The van der Waals surface area contributed by atoms with Crippen molar-refractivity contribution in [3.8, 4) is 0 Å². The van der Waals surface area contributed by atoms with Gasteiger partial charge in [-0.25, -0.2) is 4.58 Å². The molecule has 1 aromatic carbocycles. The van der Waals surface area contributed by atoms with E-state index in [0.717, 1.165) is 6.54 Å². The third-order valence-electron chi connectivity index (χ3n) is 5.42. The second-order valence-electron chi connectivity index (χ2n) is 7.33. The fourth-order valence-corrected chi connectivity index (χ4v) is 4.57. The zero-order chi connectivity index (χ0) is 14.8. The number of rotatable bonds is 1. The molecule has 0 radical (unpaired) electrons. The minimum Gasteiger partial charge on any atom is -0.295 e. The van der Waals surface area contributed by atoms with Gasteiger partial charge < -0.3 is 0 Å². The van der Waals surface area contributed by atoms with E-state index in [2.05, 4.69) is 75.0 Å². The summed E-state index contributed by atoms with van der Waals surface area (Å²) in [6, 6.07) is 9.38. The van der Waals surface area contributed by atoms with Crippen LogP contribution in [0.3, 0.4) is 0 Å². The van der Waals surface area contributed by atoms with Gasteiger partial charge in [0.05, 0.1) is 0 Å². The summed E-state index contributed by atoms with van der Waals surface area (Å²) in [6.45, 7) is 10.1.